The maximum Gasteiger partial charge on any atom is 0.253 e. The fraction of sp³-hybridized carbons (Fsp3) is 0.419. The lowest BCUT2D eigenvalue weighted by molar-refractivity contribution is 0.138. The zero-order valence-corrected chi connectivity index (χ0v) is 23.0. The number of piperazine rings is 1. The molecule has 4 rings (SSSR count). The molecule has 0 spiro atoms. The Morgan fingerprint density at radius 2 is 1.78 bits per heavy atom. The number of allylic oxidation sites excluding steroid dienone is 1. The summed E-state index contributed by atoms with van der Waals surface area (Å²) in [5, 5.41) is 3.55. The van der Waals surface area contributed by atoms with Crippen molar-refractivity contribution >= 4 is 17.3 Å². The van der Waals surface area contributed by atoms with E-state index >= 15 is 0 Å². The van der Waals surface area contributed by atoms with Gasteiger partial charge in [0.05, 0.1) is 6.04 Å². The summed E-state index contributed by atoms with van der Waals surface area (Å²) in [5.74, 6) is 0. The normalized spacial score (nSPS) is 16.1. The Kier molecular flexibility index (Phi) is 8.95. The number of likely N-dealkylation sites (N-methyl/N-ethyl adjacent to an activating group) is 1. The third-order valence-electron chi connectivity index (χ3n) is 7.51. The van der Waals surface area contributed by atoms with Crippen LogP contribution in [0.2, 0.25) is 0 Å². The van der Waals surface area contributed by atoms with Crippen LogP contribution < -0.4 is 10.9 Å². The van der Waals surface area contributed by atoms with Gasteiger partial charge in [-0.1, -0.05) is 31.2 Å². The van der Waals surface area contributed by atoms with Crippen molar-refractivity contribution in [3.05, 3.63) is 92.7 Å². The highest BCUT2D eigenvalue weighted by atomic mass is 16.1. The molecule has 0 saturated carbocycles. The molecule has 1 aliphatic heterocycles. The Labute approximate surface area is 221 Å². The monoisotopic (exact) mass is 499 g/mol. The smallest absolute Gasteiger partial charge is 0.253 e. The van der Waals surface area contributed by atoms with E-state index in [-0.39, 0.29) is 11.6 Å². The predicted molar refractivity (Wildman–Crippen MR) is 155 cm³/mol. The maximum absolute atomic E-state index is 13.0. The van der Waals surface area contributed by atoms with Crippen LogP contribution in [0.15, 0.2) is 53.6 Å². The molecule has 1 aromatic carbocycles. The van der Waals surface area contributed by atoms with Crippen LogP contribution in [0.5, 0.6) is 0 Å². The molecule has 1 fully saturated rings. The quantitative estimate of drug-likeness (QED) is 0.418. The first-order valence-corrected chi connectivity index (χ1v) is 13.5. The SMILES string of the molecule is CCN1CCN(CCc2ccc(NC(C)c3c(/C=C(\C)c4ccc(C)nc4)c(C)c[nH]c3=O)cc2)CC1. The summed E-state index contributed by atoms with van der Waals surface area (Å²) >= 11 is 0. The Bertz CT molecular complexity index is 1250. The van der Waals surface area contributed by atoms with Crippen molar-refractivity contribution in [3.8, 4) is 0 Å². The number of benzene rings is 1. The van der Waals surface area contributed by atoms with Crippen LogP contribution in [0, 0.1) is 13.8 Å². The van der Waals surface area contributed by atoms with Crippen LogP contribution in [-0.2, 0) is 6.42 Å². The highest BCUT2D eigenvalue weighted by Gasteiger charge is 2.17. The Morgan fingerprint density at radius 1 is 1.08 bits per heavy atom. The van der Waals surface area contributed by atoms with Gasteiger partial charge in [-0.2, -0.15) is 0 Å². The van der Waals surface area contributed by atoms with Crippen molar-refractivity contribution < 1.29 is 0 Å². The predicted octanol–water partition coefficient (Wildman–Crippen LogP) is 5.30. The van der Waals surface area contributed by atoms with E-state index in [9.17, 15) is 4.79 Å². The molecule has 1 atom stereocenters. The molecule has 0 radical (unpaired) electrons. The Hall–Kier alpha value is -3.22. The molecule has 3 heterocycles. The Balaban J connectivity index is 1.44. The summed E-state index contributed by atoms with van der Waals surface area (Å²) in [4.78, 5) is 25.4. The summed E-state index contributed by atoms with van der Waals surface area (Å²) < 4.78 is 0. The van der Waals surface area contributed by atoms with Gasteiger partial charge in [0, 0.05) is 62.1 Å². The lowest BCUT2D eigenvalue weighted by Gasteiger charge is -2.34. The van der Waals surface area contributed by atoms with Crippen molar-refractivity contribution in [3.63, 3.8) is 0 Å². The molecule has 2 N–H and O–H groups in total. The molecule has 1 aliphatic rings. The van der Waals surface area contributed by atoms with E-state index in [1.54, 1.807) is 6.20 Å². The van der Waals surface area contributed by atoms with Gasteiger partial charge in [0.15, 0.2) is 0 Å². The van der Waals surface area contributed by atoms with Gasteiger partial charge in [0.1, 0.15) is 0 Å². The average molecular weight is 500 g/mol. The van der Waals surface area contributed by atoms with Crippen LogP contribution in [0.3, 0.4) is 0 Å². The number of rotatable bonds is 9. The van der Waals surface area contributed by atoms with E-state index in [1.807, 2.05) is 33.0 Å². The fourth-order valence-electron chi connectivity index (χ4n) is 4.99. The molecule has 196 valence electrons. The molecule has 6 nitrogen and oxygen atoms in total. The number of aromatic amines is 1. The summed E-state index contributed by atoms with van der Waals surface area (Å²) in [7, 11) is 0. The third-order valence-corrected chi connectivity index (χ3v) is 7.51. The van der Waals surface area contributed by atoms with E-state index in [4.69, 9.17) is 0 Å². The number of nitrogens with zero attached hydrogens (tertiary/aromatic N) is 3. The number of hydrogen-bond acceptors (Lipinski definition) is 5. The fourth-order valence-corrected chi connectivity index (χ4v) is 4.99. The minimum atomic E-state index is -0.153. The largest absolute Gasteiger partial charge is 0.378 e. The first-order chi connectivity index (χ1) is 17.8. The zero-order valence-electron chi connectivity index (χ0n) is 23.0. The number of H-pyrrole nitrogens is 1. The van der Waals surface area contributed by atoms with Crippen molar-refractivity contribution in [1.29, 1.82) is 0 Å². The minimum Gasteiger partial charge on any atom is -0.378 e. The van der Waals surface area contributed by atoms with E-state index in [0.29, 0.717) is 0 Å². The van der Waals surface area contributed by atoms with Crippen LogP contribution in [0.4, 0.5) is 5.69 Å². The van der Waals surface area contributed by atoms with Gasteiger partial charge >= 0.3 is 0 Å². The second-order valence-corrected chi connectivity index (χ2v) is 10.2. The number of aryl methyl sites for hydroxylation is 2. The molecule has 0 aliphatic carbocycles. The highest BCUT2D eigenvalue weighted by molar-refractivity contribution is 5.82. The van der Waals surface area contributed by atoms with E-state index < -0.39 is 0 Å². The molecule has 0 amide bonds. The summed E-state index contributed by atoms with van der Waals surface area (Å²) in [6.45, 7) is 17.3. The number of hydrogen-bond donors (Lipinski definition) is 2. The second-order valence-electron chi connectivity index (χ2n) is 10.2. The lowest BCUT2D eigenvalue weighted by Crippen LogP contribution is -2.46. The van der Waals surface area contributed by atoms with Crippen molar-refractivity contribution in [2.75, 3.05) is 44.6 Å². The molecule has 6 heteroatoms. The van der Waals surface area contributed by atoms with Crippen LogP contribution in [0.1, 0.15) is 60.3 Å². The van der Waals surface area contributed by atoms with E-state index in [1.165, 1.54) is 18.7 Å². The number of anilines is 1. The van der Waals surface area contributed by atoms with Crippen molar-refractivity contribution in [2.45, 2.75) is 47.1 Å². The minimum absolute atomic E-state index is 0.0635. The van der Waals surface area contributed by atoms with Gasteiger partial charge in [-0.3, -0.25) is 9.78 Å². The summed E-state index contributed by atoms with van der Waals surface area (Å²) in [6, 6.07) is 12.6. The van der Waals surface area contributed by atoms with Crippen molar-refractivity contribution in [1.82, 2.24) is 19.8 Å². The number of pyridine rings is 2. The molecule has 2 aromatic heterocycles. The van der Waals surface area contributed by atoms with Gasteiger partial charge in [-0.25, -0.2) is 0 Å². The molecule has 3 aromatic rings. The first kappa shape index (κ1) is 26.8. The molecule has 1 saturated heterocycles. The Morgan fingerprint density at radius 3 is 2.43 bits per heavy atom. The topological polar surface area (TPSA) is 64.3 Å². The van der Waals surface area contributed by atoms with Crippen molar-refractivity contribution in [2.24, 2.45) is 0 Å². The summed E-state index contributed by atoms with van der Waals surface area (Å²) in [5.41, 5.74) is 8.16. The van der Waals surface area contributed by atoms with Gasteiger partial charge in [-0.15, -0.1) is 0 Å². The van der Waals surface area contributed by atoms with E-state index in [0.717, 1.165) is 71.8 Å². The summed E-state index contributed by atoms with van der Waals surface area (Å²) in [6.07, 6.45) is 6.84. The lowest BCUT2D eigenvalue weighted by atomic mass is 9.96. The van der Waals surface area contributed by atoms with Gasteiger partial charge in [0.2, 0.25) is 0 Å². The molecular formula is C31H41N5O. The molecular weight excluding hydrogens is 458 g/mol. The van der Waals surface area contributed by atoms with Gasteiger partial charge in [-0.05, 0) is 86.7 Å². The highest BCUT2D eigenvalue weighted by Crippen LogP contribution is 2.26. The van der Waals surface area contributed by atoms with E-state index in [2.05, 4.69) is 75.3 Å². The van der Waals surface area contributed by atoms with Gasteiger partial charge in [0.25, 0.3) is 5.56 Å². The second kappa shape index (κ2) is 12.3. The molecule has 0 bridgehead atoms. The molecule has 1 unspecified atom stereocenters. The third kappa shape index (κ3) is 6.96. The maximum atomic E-state index is 13.0. The number of nitrogens with one attached hydrogen (secondary N) is 2. The van der Waals surface area contributed by atoms with Gasteiger partial charge < -0.3 is 20.1 Å². The van der Waals surface area contributed by atoms with Crippen LogP contribution in [-0.4, -0.2) is 59.0 Å². The standard InChI is InChI=1S/C31H41N5O/c1-6-35-15-17-36(18-16-35)14-13-26-8-11-28(12-9-26)34-25(5)30-29(23(3)20-33-31(30)37)19-22(2)27-10-7-24(4)32-21-27/h7-12,19-21,25,34H,6,13-18H2,1-5H3,(H,33,37)/b22-19+. The number of aromatic nitrogens is 2. The van der Waals surface area contributed by atoms with Crippen LogP contribution >= 0.6 is 0 Å². The van der Waals surface area contributed by atoms with Crippen LogP contribution in [0.25, 0.3) is 11.6 Å². The first-order valence-electron chi connectivity index (χ1n) is 13.5. The zero-order chi connectivity index (χ0) is 26.4. The molecule has 37 heavy (non-hydrogen) atoms. The average Bonchev–Trinajstić information content (AvgIpc) is 2.91.